The van der Waals surface area contributed by atoms with Gasteiger partial charge in [-0.15, -0.1) is 0 Å². The van der Waals surface area contributed by atoms with Crippen LogP contribution in [0.25, 0.3) is 11.1 Å². The highest BCUT2D eigenvalue weighted by atomic mass is 16.3. The van der Waals surface area contributed by atoms with Gasteiger partial charge in [0.15, 0.2) is 0 Å². The quantitative estimate of drug-likeness (QED) is 0.216. The number of nitrogen functional groups attached to an aromatic ring is 1. The number of amides is 3. The zero-order valence-electron chi connectivity index (χ0n) is 20.7. The second-order valence-electron chi connectivity index (χ2n) is 9.14. The normalized spacial score (nSPS) is 12.2. The molecular weight excluding hydrogens is 480 g/mol. The van der Waals surface area contributed by atoms with Gasteiger partial charge in [-0.2, -0.15) is 0 Å². The van der Waals surface area contributed by atoms with Crippen LogP contribution in [-0.2, 0) is 17.9 Å². The predicted octanol–water partition coefficient (Wildman–Crippen LogP) is 5.01. The molecule has 0 radical (unpaired) electrons. The average molecular weight is 507 g/mol. The van der Waals surface area contributed by atoms with Crippen LogP contribution in [0.1, 0.15) is 38.8 Å². The van der Waals surface area contributed by atoms with Crippen LogP contribution in [0, 0.1) is 0 Å². The van der Waals surface area contributed by atoms with E-state index in [4.69, 9.17) is 5.73 Å². The van der Waals surface area contributed by atoms with Crippen molar-refractivity contribution in [2.75, 3.05) is 16.4 Å². The number of para-hydroxylation sites is 2. The van der Waals surface area contributed by atoms with E-state index in [1.807, 2.05) is 18.2 Å². The van der Waals surface area contributed by atoms with E-state index in [0.29, 0.717) is 46.8 Å². The molecule has 1 aliphatic rings. The molecule has 0 bridgehead atoms. The number of phenols is 1. The predicted molar refractivity (Wildman–Crippen MR) is 147 cm³/mol. The lowest BCUT2D eigenvalue weighted by Gasteiger charge is -2.16. The van der Waals surface area contributed by atoms with Gasteiger partial charge in [0, 0.05) is 42.4 Å². The molecule has 0 atom stereocenters. The Morgan fingerprint density at radius 1 is 0.895 bits per heavy atom. The molecule has 8 nitrogen and oxygen atoms in total. The zero-order chi connectivity index (χ0) is 26.8. The van der Waals surface area contributed by atoms with Gasteiger partial charge in [-0.05, 0) is 65.2 Å². The molecule has 8 heteroatoms. The number of phenolic OH excluding ortho intramolecular Hbond substituents is 1. The maximum Gasteiger partial charge on any atom is 0.255 e. The molecule has 1 aliphatic heterocycles. The van der Waals surface area contributed by atoms with E-state index >= 15 is 0 Å². The van der Waals surface area contributed by atoms with Gasteiger partial charge in [-0.25, -0.2) is 0 Å². The Morgan fingerprint density at radius 2 is 1.63 bits per heavy atom. The Labute approximate surface area is 219 Å². The Hall–Kier alpha value is -5.11. The Kier molecular flexibility index (Phi) is 6.53. The molecule has 190 valence electrons. The van der Waals surface area contributed by atoms with Crippen molar-refractivity contribution in [2.24, 2.45) is 0 Å². The summed E-state index contributed by atoms with van der Waals surface area (Å²) in [6.45, 7) is 2.14. The summed E-state index contributed by atoms with van der Waals surface area (Å²) in [5.41, 5.74) is 11.5. The second kappa shape index (κ2) is 10.1. The van der Waals surface area contributed by atoms with Crippen molar-refractivity contribution in [3.05, 3.63) is 107 Å². The molecule has 4 aromatic carbocycles. The van der Waals surface area contributed by atoms with E-state index in [0.717, 1.165) is 16.7 Å². The summed E-state index contributed by atoms with van der Waals surface area (Å²) < 4.78 is 0. The molecule has 0 unspecified atom stereocenters. The first-order valence-corrected chi connectivity index (χ1v) is 12.1. The van der Waals surface area contributed by atoms with E-state index in [1.54, 1.807) is 65.6 Å². The number of nitrogens with zero attached hydrogens (tertiary/aromatic N) is 1. The molecule has 4 aromatic rings. The highest BCUT2D eigenvalue weighted by Gasteiger charge is 2.30. The zero-order valence-corrected chi connectivity index (χ0v) is 20.7. The van der Waals surface area contributed by atoms with E-state index in [1.165, 1.54) is 13.0 Å². The molecule has 38 heavy (non-hydrogen) atoms. The summed E-state index contributed by atoms with van der Waals surface area (Å²) in [6.07, 6.45) is 0. The molecule has 5 N–H and O–H groups in total. The third-order valence-electron chi connectivity index (χ3n) is 6.45. The topological polar surface area (TPSA) is 125 Å². The number of fused-ring (bicyclic) bond motifs is 1. The molecular formula is C30H26N4O4. The Bertz CT molecular complexity index is 1560. The van der Waals surface area contributed by atoms with Gasteiger partial charge >= 0.3 is 0 Å². The molecule has 3 amide bonds. The van der Waals surface area contributed by atoms with Crippen LogP contribution in [-0.4, -0.2) is 27.7 Å². The Morgan fingerprint density at radius 3 is 2.37 bits per heavy atom. The number of aromatic hydroxyl groups is 1. The molecule has 5 rings (SSSR count). The van der Waals surface area contributed by atoms with Crippen LogP contribution in [0.15, 0.2) is 84.9 Å². The largest absolute Gasteiger partial charge is 0.507 e. The standard InChI is InChI=1S/C30H26N4O4/c1-18(35)32-21-13-14-28(36)24(15-21)22-5-4-6-23-25(22)17-34(30(23)38)16-19-9-11-20(12-10-19)29(37)33-27-8-3-2-7-26(27)31/h2-15,36H,16-17,31H2,1H3,(H,32,35)(H,33,37). The molecule has 0 saturated heterocycles. The average Bonchev–Trinajstić information content (AvgIpc) is 3.22. The number of benzene rings is 4. The smallest absolute Gasteiger partial charge is 0.255 e. The molecule has 0 saturated carbocycles. The summed E-state index contributed by atoms with van der Waals surface area (Å²) in [6, 6.07) is 24.4. The number of hydrogen-bond acceptors (Lipinski definition) is 5. The number of carbonyl (C=O) groups excluding carboxylic acids is 3. The number of nitrogens with one attached hydrogen (secondary N) is 2. The van der Waals surface area contributed by atoms with Crippen molar-refractivity contribution in [2.45, 2.75) is 20.0 Å². The third-order valence-corrected chi connectivity index (χ3v) is 6.45. The van der Waals surface area contributed by atoms with Gasteiger partial charge < -0.3 is 26.4 Å². The lowest BCUT2D eigenvalue weighted by atomic mass is 9.96. The second-order valence-corrected chi connectivity index (χ2v) is 9.14. The first-order chi connectivity index (χ1) is 18.3. The van der Waals surface area contributed by atoms with Crippen molar-refractivity contribution < 1.29 is 19.5 Å². The fourth-order valence-electron chi connectivity index (χ4n) is 4.59. The number of anilines is 3. The van der Waals surface area contributed by atoms with Crippen molar-refractivity contribution in [3.63, 3.8) is 0 Å². The minimum atomic E-state index is -0.273. The minimum Gasteiger partial charge on any atom is -0.507 e. The number of rotatable bonds is 6. The highest BCUT2D eigenvalue weighted by molar-refractivity contribution is 6.05. The summed E-state index contributed by atoms with van der Waals surface area (Å²) in [5, 5.41) is 16.1. The molecule has 0 aliphatic carbocycles. The van der Waals surface area contributed by atoms with Crippen molar-refractivity contribution >= 4 is 34.8 Å². The summed E-state index contributed by atoms with van der Waals surface area (Å²) in [5.74, 6) is -0.538. The third kappa shape index (κ3) is 4.92. The van der Waals surface area contributed by atoms with Crippen LogP contribution in [0.2, 0.25) is 0 Å². The van der Waals surface area contributed by atoms with Crippen molar-refractivity contribution in [1.82, 2.24) is 4.90 Å². The van der Waals surface area contributed by atoms with E-state index in [9.17, 15) is 19.5 Å². The van der Waals surface area contributed by atoms with Gasteiger partial charge in [0.2, 0.25) is 5.91 Å². The maximum atomic E-state index is 13.2. The summed E-state index contributed by atoms with van der Waals surface area (Å²) >= 11 is 0. The molecule has 0 spiro atoms. The lowest BCUT2D eigenvalue weighted by molar-refractivity contribution is -0.114. The number of nitrogens with two attached hydrogens (primary N) is 1. The van der Waals surface area contributed by atoms with E-state index < -0.39 is 0 Å². The maximum absolute atomic E-state index is 13.2. The first kappa shape index (κ1) is 24.6. The van der Waals surface area contributed by atoms with E-state index in [2.05, 4.69) is 10.6 Å². The van der Waals surface area contributed by atoms with Crippen LogP contribution >= 0.6 is 0 Å². The minimum absolute atomic E-state index is 0.0597. The Balaban J connectivity index is 1.33. The van der Waals surface area contributed by atoms with Crippen molar-refractivity contribution in [3.8, 4) is 16.9 Å². The van der Waals surface area contributed by atoms with Crippen molar-refractivity contribution in [1.29, 1.82) is 0 Å². The van der Waals surface area contributed by atoms with Crippen LogP contribution in [0.4, 0.5) is 17.1 Å². The SMILES string of the molecule is CC(=O)Nc1ccc(O)c(-c2cccc3c2CN(Cc2ccc(C(=O)Nc4ccccc4N)cc2)C3=O)c1. The van der Waals surface area contributed by atoms with Gasteiger partial charge in [-0.1, -0.05) is 36.4 Å². The number of hydrogen-bond donors (Lipinski definition) is 4. The number of carbonyl (C=O) groups is 3. The molecule has 0 fully saturated rings. The van der Waals surface area contributed by atoms with Gasteiger partial charge in [-0.3, -0.25) is 14.4 Å². The summed E-state index contributed by atoms with van der Waals surface area (Å²) in [4.78, 5) is 39.1. The van der Waals surface area contributed by atoms with Gasteiger partial charge in [0.1, 0.15) is 5.75 Å². The van der Waals surface area contributed by atoms with Gasteiger partial charge in [0.25, 0.3) is 11.8 Å². The van der Waals surface area contributed by atoms with Crippen LogP contribution in [0.3, 0.4) is 0 Å². The van der Waals surface area contributed by atoms with Gasteiger partial charge in [0.05, 0.1) is 11.4 Å². The fraction of sp³-hybridized carbons (Fsp3) is 0.100. The monoisotopic (exact) mass is 506 g/mol. The lowest BCUT2D eigenvalue weighted by Crippen LogP contribution is -2.23. The molecule has 0 aromatic heterocycles. The van der Waals surface area contributed by atoms with E-state index in [-0.39, 0.29) is 23.5 Å². The van der Waals surface area contributed by atoms with Crippen LogP contribution < -0.4 is 16.4 Å². The fourth-order valence-corrected chi connectivity index (χ4v) is 4.59. The highest BCUT2D eigenvalue weighted by Crippen LogP contribution is 2.38. The summed E-state index contributed by atoms with van der Waals surface area (Å²) in [7, 11) is 0. The van der Waals surface area contributed by atoms with Crippen LogP contribution in [0.5, 0.6) is 5.75 Å². The first-order valence-electron chi connectivity index (χ1n) is 12.1. The molecule has 1 heterocycles.